The van der Waals surface area contributed by atoms with E-state index in [1.54, 1.807) is 13.3 Å². The topological polar surface area (TPSA) is 69.7 Å². The van der Waals surface area contributed by atoms with Crippen molar-refractivity contribution in [2.45, 2.75) is 51.5 Å². The Hall–Kier alpha value is -2.50. The summed E-state index contributed by atoms with van der Waals surface area (Å²) in [5, 5.41) is 3.95. The molecule has 0 radical (unpaired) electrons. The van der Waals surface area contributed by atoms with Crippen molar-refractivity contribution in [2.75, 3.05) is 20.3 Å². The second kappa shape index (κ2) is 10.2. The molecule has 1 saturated carbocycles. The highest BCUT2D eigenvalue weighted by molar-refractivity contribution is 5.86. The van der Waals surface area contributed by atoms with Crippen LogP contribution in [0.5, 0.6) is 11.5 Å². The SMILES string of the molecule is CCCCOC(=O)NC1CCC(COc2ccnc3ccc(OC)cc23)CC1. The highest BCUT2D eigenvalue weighted by Gasteiger charge is 2.23. The van der Waals surface area contributed by atoms with Gasteiger partial charge in [-0.1, -0.05) is 13.3 Å². The first-order chi connectivity index (χ1) is 13.7. The Morgan fingerprint density at radius 3 is 2.79 bits per heavy atom. The molecule has 1 amide bonds. The number of amides is 1. The molecule has 0 aliphatic heterocycles. The largest absolute Gasteiger partial charge is 0.497 e. The Bertz CT molecular complexity index is 772. The Balaban J connectivity index is 1.47. The van der Waals surface area contributed by atoms with Crippen molar-refractivity contribution in [3.8, 4) is 11.5 Å². The molecule has 6 nitrogen and oxygen atoms in total. The number of ether oxygens (including phenoxy) is 3. The standard InChI is InChI=1S/C22H30N2O4/c1-3-4-13-27-22(25)24-17-7-5-16(6-8-17)15-28-21-11-12-23-20-10-9-18(26-2)14-19(20)21/h9-12,14,16-17H,3-8,13,15H2,1-2H3,(H,24,25). The molecule has 0 spiro atoms. The number of hydrogen-bond acceptors (Lipinski definition) is 5. The Labute approximate surface area is 166 Å². The first-order valence-corrected chi connectivity index (χ1v) is 10.2. The quantitative estimate of drug-likeness (QED) is 0.666. The smallest absolute Gasteiger partial charge is 0.407 e. The zero-order valence-corrected chi connectivity index (χ0v) is 16.8. The predicted molar refractivity (Wildman–Crippen MR) is 109 cm³/mol. The van der Waals surface area contributed by atoms with E-state index in [1.807, 2.05) is 24.3 Å². The van der Waals surface area contributed by atoms with Gasteiger partial charge in [0.1, 0.15) is 11.5 Å². The lowest BCUT2D eigenvalue weighted by molar-refractivity contribution is 0.132. The van der Waals surface area contributed by atoms with E-state index in [0.29, 0.717) is 19.1 Å². The minimum absolute atomic E-state index is 0.205. The Kier molecular flexibility index (Phi) is 7.34. The van der Waals surface area contributed by atoms with Gasteiger partial charge in [-0.25, -0.2) is 4.79 Å². The van der Waals surface area contributed by atoms with E-state index in [2.05, 4.69) is 17.2 Å². The summed E-state index contributed by atoms with van der Waals surface area (Å²) in [6.45, 7) is 3.25. The summed E-state index contributed by atoms with van der Waals surface area (Å²) in [6, 6.07) is 7.92. The normalized spacial score (nSPS) is 19.2. The molecule has 0 bridgehead atoms. The maximum absolute atomic E-state index is 11.8. The summed E-state index contributed by atoms with van der Waals surface area (Å²) in [5.74, 6) is 2.12. The van der Waals surface area contributed by atoms with E-state index in [-0.39, 0.29) is 12.1 Å². The average molecular weight is 386 g/mol. The first kappa shape index (κ1) is 20.2. The van der Waals surface area contributed by atoms with Gasteiger partial charge in [0.15, 0.2) is 0 Å². The van der Waals surface area contributed by atoms with Crippen LogP contribution in [0.1, 0.15) is 45.4 Å². The second-order valence-electron chi connectivity index (χ2n) is 7.35. The summed E-state index contributed by atoms with van der Waals surface area (Å²) in [6.07, 6.45) is 7.41. The second-order valence-corrected chi connectivity index (χ2v) is 7.35. The molecule has 6 heteroatoms. The molecule has 0 atom stereocenters. The first-order valence-electron chi connectivity index (χ1n) is 10.2. The van der Waals surface area contributed by atoms with Gasteiger partial charge >= 0.3 is 6.09 Å². The van der Waals surface area contributed by atoms with E-state index >= 15 is 0 Å². The number of hydrogen-bond donors (Lipinski definition) is 1. The number of nitrogens with one attached hydrogen (secondary N) is 1. The molecule has 0 unspecified atom stereocenters. The number of unbranched alkanes of at least 4 members (excludes halogenated alkanes) is 1. The third kappa shape index (κ3) is 5.50. The average Bonchev–Trinajstić information content (AvgIpc) is 2.73. The van der Waals surface area contributed by atoms with Crippen molar-refractivity contribution >= 4 is 17.0 Å². The molecule has 1 aliphatic carbocycles. The third-order valence-corrected chi connectivity index (χ3v) is 5.28. The molecule has 0 saturated heterocycles. The van der Waals surface area contributed by atoms with Crippen molar-refractivity contribution < 1.29 is 19.0 Å². The van der Waals surface area contributed by atoms with Crippen LogP contribution < -0.4 is 14.8 Å². The van der Waals surface area contributed by atoms with Crippen LogP contribution in [0.3, 0.4) is 0 Å². The predicted octanol–water partition coefficient (Wildman–Crippen LogP) is 4.71. The van der Waals surface area contributed by atoms with Gasteiger partial charge in [0.25, 0.3) is 0 Å². The molecule has 28 heavy (non-hydrogen) atoms. The van der Waals surface area contributed by atoms with Gasteiger partial charge in [0, 0.05) is 17.6 Å². The molecule has 152 valence electrons. The fourth-order valence-electron chi connectivity index (χ4n) is 3.55. The van der Waals surface area contributed by atoms with Gasteiger partial charge in [-0.05, 0) is 62.3 Å². The molecule has 1 fully saturated rings. The minimum atomic E-state index is -0.287. The van der Waals surface area contributed by atoms with Crippen LogP contribution in [-0.4, -0.2) is 37.4 Å². The van der Waals surface area contributed by atoms with Crippen LogP contribution in [-0.2, 0) is 4.74 Å². The molecule has 1 N–H and O–H groups in total. The Morgan fingerprint density at radius 1 is 1.21 bits per heavy atom. The van der Waals surface area contributed by atoms with Crippen LogP contribution in [0.25, 0.3) is 10.9 Å². The van der Waals surface area contributed by atoms with Gasteiger partial charge in [0.05, 0.1) is 25.8 Å². The number of benzene rings is 1. The lowest BCUT2D eigenvalue weighted by atomic mass is 9.86. The summed E-state index contributed by atoms with van der Waals surface area (Å²) >= 11 is 0. The molecule has 1 aromatic heterocycles. The Morgan fingerprint density at radius 2 is 2.04 bits per heavy atom. The summed E-state index contributed by atoms with van der Waals surface area (Å²) in [5.41, 5.74) is 0.896. The number of nitrogens with zero attached hydrogens (tertiary/aromatic N) is 1. The highest BCUT2D eigenvalue weighted by atomic mass is 16.5. The van der Waals surface area contributed by atoms with E-state index < -0.39 is 0 Å². The van der Waals surface area contributed by atoms with E-state index in [1.165, 1.54) is 0 Å². The molecule has 1 aromatic carbocycles. The van der Waals surface area contributed by atoms with Crippen LogP contribution >= 0.6 is 0 Å². The van der Waals surface area contributed by atoms with Crippen molar-refractivity contribution in [1.82, 2.24) is 10.3 Å². The molecule has 1 heterocycles. The van der Waals surface area contributed by atoms with Crippen molar-refractivity contribution in [3.63, 3.8) is 0 Å². The maximum Gasteiger partial charge on any atom is 0.407 e. The van der Waals surface area contributed by atoms with Gasteiger partial charge in [-0.3, -0.25) is 4.98 Å². The van der Waals surface area contributed by atoms with Crippen LogP contribution in [0.4, 0.5) is 4.79 Å². The van der Waals surface area contributed by atoms with Crippen molar-refractivity contribution in [3.05, 3.63) is 30.5 Å². The zero-order chi connectivity index (χ0) is 19.8. The zero-order valence-electron chi connectivity index (χ0n) is 16.8. The summed E-state index contributed by atoms with van der Waals surface area (Å²) in [4.78, 5) is 16.2. The maximum atomic E-state index is 11.8. The number of fused-ring (bicyclic) bond motifs is 1. The number of carbonyl (C=O) groups excluding carboxylic acids is 1. The monoisotopic (exact) mass is 386 g/mol. The third-order valence-electron chi connectivity index (χ3n) is 5.28. The van der Waals surface area contributed by atoms with Crippen LogP contribution in [0.2, 0.25) is 0 Å². The number of alkyl carbamates (subject to hydrolysis) is 1. The van der Waals surface area contributed by atoms with Gasteiger partial charge in [0.2, 0.25) is 0 Å². The lowest BCUT2D eigenvalue weighted by Gasteiger charge is -2.28. The molecular formula is C22H30N2O4. The summed E-state index contributed by atoms with van der Waals surface area (Å²) in [7, 11) is 1.66. The molecular weight excluding hydrogens is 356 g/mol. The van der Waals surface area contributed by atoms with Crippen LogP contribution in [0.15, 0.2) is 30.5 Å². The van der Waals surface area contributed by atoms with Crippen molar-refractivity contribution in [2.24, 2.45) is 5.92 Å². The highest BCUT2D eigenvalue weighted by Crippen LogP contribution is 2.30. The number of aromatic nitrogens is 1. The molecule has 2 aromatic rings. The fourth-order valence-corrected chi connectivity index (χ4v) is 3.55. The molecule has 3 rings (SSSR count). The summed E-state index contributed by atoms with van der Waals surface area (Å²) < 4.78 is 16.6. The van der Waals surface area contributed by atoms with Crippen molar-refractivity contribution in [1.29, 1.82) is 0 Å². The fraction of sp³-hybridized carbons (Fsp3) is 0.545. The number of pyridine rings is 1. The van der Waals surface area contributed by atoms with Gasteiger partial charge in [-0.15, -0.1) is 0 Å². The number of rotatable bonds is 8. The van der Waals surface area contributed by atoms with Gasteiger partial charge < -0.3 is 19.5 Å². The minimum Gasteiger partial charge on any atom is -0.497 e. The van der Waals surface area contributed by atoms with E-state index in [0.717, 1.165) is 60.9 Å². The van der Waals surface area contributed by atoms with E-state index in [9.17, 15) is 4.79 Å². The van der Waals surface area contributed by atoms with Gasteiger partial charge in [-0.2, -0.15) is 0 Å². The van der Waals surface area contributed by atoms with Crippen LogP contribution in [0, 0.1) is 5.92 Å². The number of methoxy groups -OCH3 is 1. The van der Waals surface area contributed by atoms with E-state index in [4.69, 9.17) is 14.2 Å². The molecule has 1 aliphatic rings. The lowest BCUT2D eigenvalue weighted by Crippen LogP contribution is -2.38. The number of carbonyl (C=O) groups is 1.